The van der Waals surface area contributed by atoms with E-state index in [1.165, 1.54) is 48.5 Å². The monoisotopic (exact) mass is 465 g/mol. The van der Waals surface area contributed by atoms with E-state index in [0.717, 1.165) is 0 Å². The Kier molecular flexibility index (Phi) is 5.43. The van der Waals surface area contributed by atoms with Crippen LogP contribution in [0.1, 0.15) is 10.4 Å². The minimum Gasteiger partial charge on any atom is -0.748 e. The van der Waals surface area contributed by atoms with Crippen LogP contribution in [0.15, 0.2) is 54.6 Å². The molecule has 31 heavy (non-hydrogen) atoms. The largest absolute Gasteiger partial charge is 0.748 e. The molecule has 0 radical (unpaired) electrons. The Bertz CT molecular complexity index is 1200. The summed E-state index contributed by atoms with van der Waals surface area (Å²) in [6.45, 7) is 0. The van der Waals surface area contributed by atoms with E-state index >= 15 is 0 Å². The van der Waals surface area contributed by atoms with Gasteiger partial charge in [-0.3, -0.25) is 0 Å². The zero-order valence-electron chi connectivity index (χ0n) is 15.1. The third-order valence-corrected chi connectivity index (χ3v) is 5.30. The second kappa shape index (κ2) is 7.38. The van der Waals surface area contributed by atoms with Crippen LogP contribution in [0.2, 0.25) is 0 Å². The highest BCUT2D eigenvalue weighted by molar-refractivity contribution is 7.85. The van der Waals surface area contributed by atoms with E-state index in [4.69, 9.17) is 0 Å². The van der Waals surface area contributed by atoms with Crippen LogP contribution in [0.4, 0.5) is 26.3 Å². The highest BCUT2D eigenvalue weighted by atomic mass is 32.2. The molecule has 3 rings (SSSR count). The normalized spacial score (nSPS) is 13.5. The van der Waals surface area contributed by atoms with E-state index in [1.54, 1.807) is 6.07 Å². The van der Waals surface area contributed by atoms with Crippen molar-refractivity contribution in [1.29, 1.82) is 0 Å². The van der Waals surface area contributed by atoms with Gasteiger partial charge in [0.25, 0.3) is 0 Å². The molecule has 0 heterocycles. The number of halogens is 6. The number of hydrogen-bond donors (Lipinski definition) is 0. The fourth-order valence-electron chi connectivity index (χ4n) is 3.16. The highest BCUT2D eigenvalue weighted by Gasteiger charge is 2.75. The van der Waals surface area contributed by atoms with Crippen molar-refractivity contribution in [1.82, 2.24) is 0 Å². The summed E-state index contributed by atoms with van der Waals surface area (Å²) in [4.78, 5) is 12.7. The van der Waals surface area contributed by atoms with Crippen LogP contribution in [0.5, 0.6) is 0 Å². The number of ether oxygens (including phenoxy) is 1. The van der Waals surface area contributed by atoms with Gasteiger partial charge in [0.2, 0.25) is 0 Å². The number of hydrogen-bond acceptors (Lipinski definition) is 5. The smallest absolute Gasteiger partial charge is 0.438 e. The van der Waals surface area contributed by atoms with E-state index in [2.05, 4.69) is 4.74 Å². The third-order valence-electron chi connectivity index (χ3n) is 4.54. The molecule has 12 heteroatoms. The number of benzene rings is 3. The van der Waals surface area contributed by atoms with Gasteiger partial charge >= 0.3 is 23.9 Å². The maximum atomic E-state index is 13.5. The number of esters is 1. The van der Waals surface area contributed by atoms with E-state index < -0.39 is 45.4 Å². The van der Waals surface area contributed by atoms with Gasteiger partial charge in [0.15, 0.2) is 0 Å². The number of rotatable bonds is 4. The van der Waals surface area contributed by atoms with E-state index in [9.17, 15) is 44.1 Å². The summed E-state index contributed by atoms with van der Waals surface area (Å²) in [6.07, 6.45) is -12.9. The maximum Gasteiger partial charge on any atom is 0.438 e. The van der Waals surface area contributed by atoms with Gasteiger partial charge in [-0.1, -0.05) is 48.5 Å². The van der Waals surface area contributed by atoms with Crippen molar-refractivity contribution < 1.29 is 48.8 Å². The Morgan fingerprint density at radius 1 is 0.839 bits per heavy atom. The van der Waals surface area contributed by atoms with E-state index in [-0.39, 0.29) is 10.8 Å². The molecular weight excluding hydrogens is 454 g/mol. The average Bonchev–Trinajstić information content (AvgIpc) is 2.62. The molecule has 0 saturated carbocycles. The number of alkyl halides is 6. The molecule has 0 N–H and O–H groups in total. The molecule has 0 spiro atoms. The molecule has 0 fully saturated rings. The van der Waals surface area contributed by atoms with Gasteiger partial charge < -0.3 is 9.29 Å². The fraction of sp³-hybridized carbons (Fsp3) is 0.211. The van der Waals surface area contributed by atoms with Crippen LogP contribution in [0, 0.1) is 0 Å². The van der Waals surface area contributed by atoms with Gasteiger partial charge in [-0.15, -0.1) is 0 Å². The van der Waals surface area contributed by atoms with Crippen molar-refractivity contribution in [2.24, 2.45) is 0 Å². The van der Waals surface area contributed by atoms with Crippen LogP contribution in [0.25, 0.3) is 21.5 Å². The van der Waals surface area contributed by atoms with Gasteiger partial charge in [0, 0.05) is 0 Å². The van der Waals surface area contributed by atoms with Crippen LogP contribution in [-0.4, -0.2) is 42.6 Å². The van der Waals surface area contributed by atoms with Crippen LogP contribution >= 0.6 is 0 Å². The Morgan fingerprint density at radius 2 is 1.26 bits per heavy atom. The minimum absolute atomic E-state index is 0.0190. The lowest BCUT2D eigenvalue weighted by molar-refractivity contribution is -0.356. The SMILES string of the molecule is O=C(OC(CS(=O)(=O)[O-])(C(F)(F)F)C(F)(F)F)c1c2ccccc2cc2ccccc12. The minimum atomic E-state index is -6.45. The zero-order chi connectivity index (χ0) is 23.2. The van der Waals surface area contributed by atoms with Crippen LogP contribution in [0.3, 0.4) is 0 Å². The molecule has 0 aliphatic carbocycles. The average molecular weight is 465 g/mol. The van der Waals surface area contributed by atoms with Gasteiger partial charge in [-0.25, -0.2) is 13.2 Å². The van der Waals surface area contributed by atoms with E-state index in [1.807, 2.05) is 0 Å². The summed E-state index contributed by atoms with van der Waals surface area (Å²) in [5, 5.41) is 0.590. The maximum absolute atomic E-state index is 13.5. The summed E-state index contributed by atoms with van der Waals surface area (Å²) in [5.41, 5.74) is -6.18. The van der Waals surface area contributed by atoms with Gasteiger partial charge in [0.05, 0.1) is 21.4 Å². The number of fused-ring (bicyclic) bond motifs is 2. The summed E-state index contributed by atoms with van der Waals surface area (Å²) in [5.74, 6) is -5.13. The standard InChI is InChI=1S/C19H12F6O5S/c20-18(21,22)17(19(23,24)25,10-31(27,28)29)30-16(26)15-13-7-3-1-5-11(13)9-12-6-2-4-8-14(12)15/h1-9H,10H2,(H,27,28,29)/p-1. The molecule has 0 aromatic heterocycles. The van der Waals surface area contributed by atoms with Crippen LogP contribution in [-0.2, 0) is 14.9 Å². The Hall–Kier alpha value is -2.86. The summed E-state index contributed by atoms with van der Waals surface area (Å²) < 4.78 is 118. The molecule has 0 atom stereocenters. The lowest BCUT2D eigenvalue weighted by Crippen LogP contribution is -2.63. The third kappa shape index (κ3) is 4.17. The fourth-order valence-corrected chi connectivity index (χ4v) is 4.05. The second-order valence-corrected chi connectivity index (χ2v) is 8.01. The second-order valence-electron chi connectivity index (χ2n) is 6.61. The molecule has 0 saturated heterocycles. The highest BCUT2D eigenvalue weighted by Crippen LogP contribution is 2.47. The van der Waals surface area contributed by atoms with Crippen molar-refractivity contribution in [3.8, 4) is 0 Å². The van der Waals surface area contributed by atoms with Gasteiger partial charge in [-0.05, 0) is 27.6 Å². The first-order chi connectivity index (χ1) is 14.2. The van der Waals surface area contributed by atoms with Crippen molar-refractivity contribution in [2.75, 3.05) is 5.75 Å². The lowest BCUT2D eigenvalue weighted by atomic mass is 9.96. The van der Waals surface area contributed by atoms with Crippen molar-refractivity contribution >= 4 is 37.6 Å². The summed E-state index contributed by atoms with van der Waals surface area (Å²) in [6, 6.07) is 12.9. The molecular formula is C19H11F6O5S-. The summed E-state index contributed by atoms with van der Waals surface area (Å²) >= 11 is 0. The van der Waals surface area contributed by atoms with Crippen molar-refractivity contribution in [2.45, 2.75) is 18.0 Å². The molecule has 0 aliphatic rings. The van der Waals surface area contributed by atoms with Crippen molar-refractivity contribution in [3.63, 3.8) is 0 Å². The lowest BCUT2D eigenvalue weighted by Gasteiger charge is -2.37. The first kappa shape index (κ1) is 22.8. The quantitative estimate of drug-likeness (QED) is 0.244. The predicted octanol–water partition coefficient (Wildman–Crippen LogP) is 4.56. The summed E-state index contributed by atoms with van der Waals surface area (Å²) in [7, 11) is -6.13. The molecule has 0 bridgehead atoms. The van der Waals surface area contributed by atoms with Crippen molar-refractivity contribution in [3.05, 3.63) is 60.2 Å². The number of carbonyl (C=O) groups is 1. The first-order valence-electron chi connectivity index (χ1n) is 8.37. The molecule has 0 aliphatic heterocycles. The molecule has 3 aromatic rings. The molecule has 3 aromatic carbocycles. The Morgan fingerprint density at radius 3 is 1.65 bits per heavy atom. The first-order valence-corrected chi connectivity index (χ1v) is 9.95. The number of carbonyl (C=O) groups excluding carboxylic acids is 1. The Balaban J connectivity index is 2.29. The molecule has 0 amide bonds. The van der Waals surface area contributed by atoms with E-state index in [0.29, 0.717) is 10.8 Å². The predicted molar refractivity (Wildman–Crippen MR) is 96.3 cm³/mol. The molecule has 166 valence electrons. The molecule has 0 unspecified atom stereocenters. The Labute approximate surface area is 171 Å². The van der Waals surface area contributed by atoms with Crippen LogP contribution < -0.4 is 0 Å². The van der Waals surface area contributed by atoms with Gasteiger partial charge in [0.1, 0.15) is 0 Å². The zero-order valence-corrected chi connectivity index (χ0v) is 15.9. The topological polar surface area (TPSA) is 83.5 Å². The molecule has 5 nitrogen and oxygen atoms in total. The van der Waals surface area contributed by atoms with Gasteiger partial charge in [-0.2, -0.15) is 26.3 Å².